The van der Waals surface area contributed by atoms with Crippen molar-refractivity contribution in [3.05, 3.63) is 16.1 Å². The fourth-order valence-electron chi connectivity index (χ4n) is 1.94. The van der Waals surface area contributed by atoms with E-state index in [1.54, 1.807) is 25.8 Å². The second-order valence-electron chi connectivity index (χ2n) is 4.90. The largest absolute Gasteiger partial charge is 0.372 e. The monoisotopic (exact) mass is 316 g/mol. The molecule has 0 radical (unpaired) electrons. The summed E-state index contributed by atoms with van der Waals surface area (Å²) in [7, 11) is 1.67. The number of imide groups is 1. The fraction of sp³-hybridized carbons (Fsp3) is 0.417. The number of anilines is 2. The molecule has 2 rings (SSSR count). The third-order valence-corrected chi connectivity index (χ3v) is 3.75. The molecule has 1 fully saturated rings. The predicted octanol–water partition coefficient (Wildman–Crippen LogP) is 1.67. The summed E-state index contributed by atoms with van der Waals surface area (Å²) in [6.45, 7) is 3.39. The molecule has 1 aliphatic rings. The SMILES string of the molecule is CNc1nc(N2CC(=O)NC(=O)C2(C)C)c(Cl)cc1Cl. The second kappa shape index (κ2) is 5.10. The molecule has 20 heavy (non-hydrogen) atoms. The van der Waals surface area contributed by atoms with Gasteiger partial charge < -0.3 is 10.2 Å². The van der Waals surface area contributed by atoms with E-state index in [0.29, 0.717) is 16.7 Å². The first-order chi connectivity index (χ1) is 9.27. The smallest absolute Gasteiger partial charge is 0.251 e. The van der Waals surface area contributed by atoms with Crippen molar-refractivity contribution in [2.75, 3.05) is 23.8 Å². The zero-order valence-corrected chi connectivity index (χ0v) is 12.8. The summed E-state index contributed by atoms with van der Waals surface area (Å²) in [4.78, 5) is 29.4. The second-order valence-corrected chi connectivity index (χ2v) is 5.71. The molecule has 108 valence electrons. The van der Waals surface area contributed by atoms with E-state index in [4.69, 9.17) is 23.2 Å². The van der Waals surface area contributed by atoms with Gasteiger partial charge in [-0.25, -0.2) is 4.98 Å². The number of carbonyl (C=O) groups is 2. The minimum atomic E-state index is -0.941. The van der Waals surface area contributed by atoms with E-state index in [9.17, 15) is 9.59 Å². The predicted molar refractivity (Wildman–Crippen MR) is 78.4 cm³/mol. The van der Waals surface area contributed by atoms with Crippen molar-refractivity contribution in [1.29, 1.82) is 0 Å². The van der Waals surface area contributed by atoms with Gasteiger partial charge in [0.15, 0.2) is 5.82 Å². The van der Waals surface area contributed by atoms with Gasteiger partial charge in [-0.1, -0.05) is 23.2 Å². The molecule has 0 atom stereocenters. The van der Waals surface area contributed by atoms with Crippen LogP contribution in [0, 0.1) is 0 Å². The van der Waals surface area contributed by atoms with Crippen LogP contribution in [0.5, 0.6) is 0 Å². The van der Waals surface area contributed by atoms with Crippen molar-refractivity contribution in [2.45, 2.75) is 19.4 Å². The molecule has 0 spiro atoms. The third kappa shape index (κ3) is 2.41. The normalized spacial score (nSPS) is 17.9. The number of halogens is 2. The minimum Gasteiger partial charge on any atom is -0.372 e. The molecule has 1 saturated heterocycles. The van der Waals surface area contributed by atoms with Crippen molar-refractivity contribution >= 4 is 46.7 Å². The quantitative estimate of drug-likeness (QED) is 0.812. The molecule has 8 heteroatoms. The van der Waals surface area contributed by atoms with Crippen molar-refractivity contribution < 1.29 is 9.59 Å². The minimum absolute atomic E-state index is 0.00372. The van der Waals surface area contributed by atoms with Crippen LogP contribution in [0.1, 0.15) is 13.8 Å². The van der Waals surface area contributed by atoms with Crippen LogP contribution in [-0.4, -0.2) is 35.9 Å². The first-order valence-corrected chi connectivity index (χ1v) is 6.68. The van der Waals surface area contributed by atoms with Gasteiger partial charge in [0.2, 0.25) is 5.91 Å². The molecular weight excluding hydrogens is 303 g/mol. The van der Waals surface area contributed by atoms with Crippen molar-refractivity contribution in [2.24, 2.45) is 0 Å². The molecule has 1 aromatic rings. The maximum atomic E-state index is 12.0. The summed E-state index contributed by atoms with van der Waals surface area (Å²) in [5.41, 5.74) is -0.941. The van der Waals surface area contributed by atoms with Gasteiger partial charge in [-0.05, 0) is 19.9 Å². The van der Waals surface area contributed by atoms with Crippen LogP contribution in [0.3, 0.4) is 0 Å². The summed E-state index contributed by atoms with van der Waals surface area (Å²) in [6, 6.07) is 1.53. The Morgan fingerprint density at radius 1 is 1.35 bits per heavy atom. The van der Waals surface area contributed by atoms with Gasteiger partial charge in [-0.15, -0.1) is 0 Å². The fourth-order valence-corrected chi connectivity index (χ4v) is 2.50. The van der Waals surface area contributed by atoms with Crippen molar-refractivity contribution in [3.8, 4) is 0 Å². The lowest BCUT2D eigenvalue weighted by Gasteiger charge is -2.41. The summed E-state index contributed by atoms with van der Waals surface area (Å²) in [6.07, 6.45) is 0. The van der Waals surface area contributed by atoms with E-state index >= 15 is 0 Å². The number of rotatable bonds is 2. The molecule has 2 heterocycles. The molecule has 0 aliphatic carbocycles. The standard InChI is InChI=1S/C12H14Cl2N4O2/c1-12(2)11(20)16-8(19)5-18(12)10-7(14)4-6(13)9(15-3)17-10/h4H,5H2,1-3H3,(H,15,17)(H,16,19,20). The lowest BCUT2D eigenvalue weighted by atomic mass is 9.98. The molecule has 2 amide bonds. The zero-order valence-electron chi connectivity index (χ0n) is 11.3. The first-order valence-electron chi connectivity index (χ1n) is 5.93. The Bertz CT molecular complexity index is 589. The Morgan fingerprint density at radius 3 is 2.60 bits per heavy atom. The zero-order chi connectivity index (χ0) is 15.1. The summed E-state index contributed by atoms with van der Waals surface area (Å²) in [5.74, 6) is -0.0189. The Morgan fingerprint density at radius 2 is 2.00 bits per heavy atom. The van der Waals surface area contributed by atoms with Crippen LogP contribution in [0.4, 0.5) is 11.6 Å². The van der Waals surface area contributed by atoms with Crippen LogP contribution >= 0.6 is 23.2 Å². The number of pyridine rings is 1. The van der Waals surface area contributed by atoms with Crippen molar-refractivity contribution in [3.63, 3.8) is 0 Å². The topological polar surface area (TPSA) is 74.3 Å². The highest BCUT2D eigenvalue weighted by Crippen LogP contribution is 2.35. The average molecular weight is 317 g/mol. The van der Waals surface area contributed by atoms with Crippen LogP contribution in [-0.2, 0) is 9.59 Å². The Labute approximate surface area is 126 Å². The lowest BCUT2D eigenvalue weighted by Crippen LogP contribution is -2.64. The Balaban J connectivity index is 2.54. The van der Waals surface area contributed by atoms with Gasteiger partial charge in [0.05, 0.1) is 16.6 Å². The molecule has 1 aliphatic heterocycles. The number of hydrogen-bond donors (Lipinski definition) is 2. The highest BCUT2D eigenvalue weighted by atomic mass is 35.5. The number of nitrogens with one attached hydrogen (secondary N) is 2. The molecule has 0 saturated carbocycles. The van der Waals surface area contributed by atoms with E-state index in [1.165, 1.54) is 6.07 Å². The number of aromatic nitrogens is 1. The van der Waals surface area contributed by atoms with Crippen LogP contribution in [0.15, 0.2) is 6.07 Å². The van der Waals surface area contributed by atoms with E-state index in [0.717, 1.165) is 0 Å². The van der Waals surface area contributed by atoms with Crippen molar-refractivity contribution in [1.82, 2.24) is 10.3 Å². The van der Waals surface area contributed by atoms with Crippen LogP contribution in [0.25, 0.3) is 0 Å². The molecule has 1 aromatic heterocycles. The molecule has 6 nitrogen and oxygen atoms in total. The maximum absolute atomic E-state index is 12.0. The van der Waals surface area contributed by atoms with Crippen LogP contribution in [0.2, 0.25) is 10.0 Å². The Hall–Kier alpha value is -1.53. The number of carbonyl (C=O) groups excluding carboxylic acids is 2. The van der Waals surface area contributed by atoms with Gasteiger partial charge in [-0.3, -0.25) is 14.9 Å². The maximum Gasteiger partial charge on any atom is 0.251 e. The molecule has 0 unspecified atom stereocenters. The summed E-state index contributed by atoms with van der Waals surface area (Å²) in [5, 5.41) is 5.78. The molecule has 0 bridgehead atoms. The number of piperazine rings is 1. The van der Waals surface area contributed by atoms with E-state index < -0.39 is 17.4 Å². The average Bonchev–Trinajstić information content (AvgIpc) is 2.35. The Kier molecular flexibility index (Phi) is 3.80. The summed E-state index contributed by atoms with van der Waals surface area (Å²) < 4.78 is 0. The summed E-state index contributed by atoms with van der Waals surface area (Å²) >= 11 is 12.1. The third-order valence-electron chi connectivity index (χ3n) is 3.19. The van der Waals surface area contributed by atoms with E-state index in [1.807, 2.05) is 0 Å². The van der Waals surface area contributed by atoms with Gasteiger partial charge in [-0.2, -0.15) is 0 Å². The van der Waals surface area contributed by atoms with E-state index in [2.05, 4.69) is 15.6 Å². The molecular formula is C12H14Cl2N4O2. The van der Waals surface area contributed by atoms with Crippen LogP contribution < -0.4 is 15.5 Å². The highest BCUT2D eigenvalue weighted by molar-refractivity contribution is 6.37. The number of nitrogens with zero attached hydrogens (tertiary/aromatic N) is 2. The lowest BCUT2D eigenvalue weighted by molar-refractivity contribution is -0.135. The molecule has 0 aromatic carbocycles. The highest BCUT2D eigenvalue weighted by Gasteiger charge is 2.42. The first kappa shape index (κ1) is 14.9. The van der Waals surface area contributed by atoms with Gasteiger partial charge in [0.1, 0.15) is 11.4 Å². The van der Waals surface area contributed by atoms with Gasteiger partial charge in [0.25, 0.3) is 5.91 Å². The molecule has 2 N–H and O–H groups in total. The van der Waals surface area contributed by atoms with E-state index in [-0.39, 0.29) is 11.6 Å². The van der Waals surface area contributed by atoms with Gasteiger partial charge >= 0.3 is 0 Å². The number of hydrogen-bond acceptors (Lipinski definition) is 5. The van der Waals surface area contributed by atoms with Gasteiger partial charge in [0, 0.05) is 7.05 Å². The number of amides is 2.